The fourth-order valence-corrected chi connectivity index (χ4v) is 3.31. The van der Waals surface area contributed by atoms with Crippen molar-refractivity contribution in [2.75, 3.05) is 33.7 Å². The highest BCUT2D eigenvalue weighted by Crippen LogP contribution is 2.15. The van der Waals surface area contributed by atoms with E-state index in [1.165, 1.54) is 35.7 Å². The maximum absolute atomic E-state index is 4.30. The number of guanidine groups is 1. The van der Waals surface area contributed by atoms with Crippen molar-refractivity contribution in [3.05, 3.63) is 21.9 Å². The molecule has 20 heavy (non-hydrogen) atoms. The van der Waals surface area contributed by atoms with Gasteiger partial charge in [0, 0.05) is 23.3 Å². The van der Waals surface area contributed by atoms with Crippen LogP contribution in [-0.2, 0) is 6.54 Å². The molecule has 0 aromatic carbocycles. The summed E-state index contributed by atoms with van der Waals surface area (Å²) in [4.78, 5) is 9.41. The minimum atomic E-state index is 0.772. The molecule has 1 aliphatic rings. The minimum absolute atomic E-state index is 0.772. The SMILES string of the molecule is CN=C(NCc1ccc(C)s1)NCC1CCN(C)CC1. The van der Waals surface area contributed by atoms with Gasteiger partial charge in [-0.3, -0.25) is 4.99 Å². The standard InChI is InChI=1S/C15H26N4S/c1-12-4-5-14(20-12)11-18-15(16-2)17-10-13-6-8-19(3)9-7-13/h4-5,13H,6-11H2,1-3H3,(H2,16,17,18). The number of likely N-dealkylation sites (tertiary alicyclic amines) is 1. The van der Waals surface area contributed by atoms with E-state index in [0.29, 0.717) is 0 Å². The summed E-state index contributed by atoms with van der Waals surface area (Å²) in [6, 6.07) is 4.34. The molecule has 112 valence electrons. The van der Waals surface area contributed by atoms with Crippen molar-refractivity contribution < 1.29 is 0 Å². The zero-order valence-corrected chi connectivity index (χ0v) is 13.6. The largest absolute Gasteiger partial charge is 0.356 e. The van der Waals surface area contributed by atoms with Gasteiger partial charge in [0.25, 0.3) is 0 Å². The molecule has 1 aromatic heterocycles. The van der Waals surface area contributed by atoms with Crippen molar-refractivity contribution in [1.82, 2.24) is 15.5 Å². The van der Waals surface area contributed by atoms with Crippen molar-refractivity contribution in [2.45, 2.75) is 26.3 Å². The Labute approximate surface area is 126 Å². The van der Waals surface area contributed by atoms with Crippen molar-refractivity contribution in [2.24, 2.45) is 10.9 Å². The summed E-state index contributed by atoms with van der Waals surface area (Å²) in [5.41, 5.74) is 0. The molecule has 2 rings (SSSR count). The van der Waals surface area contributed by atoms with Crippen LogP contribution in [0.5, 0.6) is 0 Å². The molecule has 1 fully saturated rings. The van der Waals surface area contributed by atoms with Gasteiger partial charge in [0.05, 0.1) is 6.54 Å². The lowest BCUT2D eigenvalue weighted by Crippen LogP contribution is -2.41. The monoisotopic (exact) mass is 294 g/mol. The van der Waals surface area contributed by atoms with Crippen LogP contribution < -0.4 is 10.6 Å². The van der Waals surface area contributed by atoms with Crippen molar-refractivity contribution in [3.8, 4) is 0 Å². The van der Waals surface area contributed by atoms with E-state index in [9.17, 15) is 0 Å². The number of nitrogens with zero attached hydrogens (tertiary/aromatic N) is 2. The average molecular weight is 294 g/mol. The smallest absolute Gasteiger partial charge is 0.191 e. The van der Waals surface area contributed by atoms with E-state index in [4.69, 9.17) is 0 Å². The van der Waals surface area contributed by atoms with Gasteiger partial charge in [0.15, 0.2) is 5.96 Å². The number of hydrogen-bond donors (Lipinski definition) is 2. The predicted octanol–water partition coefficient (Wildman–Crippen LogP) is 2.06. The number of nitrogens with one attached hydrogen (secondary N) is 2. The summed E-state index contributed by atoms with van der Waals surface area (Å²) in [6.07, 6.45) is 2.56. The quantitative estimate of drug-likeness (QED) is 0.659. The molecule has 1 aliphatic heterocycles. The van der Waals surface area contributed by atoms with Crippen LogP contribution in [0.2, 0.25) is 0 Å². The molecule has 0 aliphatic carbocycles. The fourth-order valence-electron chi connectivity index (χ4n) is 2.48. The molecule has 1 saturated heterocycles. The van der Waals surface area contributed by atoms with Crippen LogP contribution in [0, 0.1) is 12.8 Å². The number of aryl methyl sites for hydroxylation is 1. The number of rotatable bonds is 4. The Morgan fingerprint density at radius 2 is 2.10 bits per heavy atom. The molecule has 2 heterocycles. The minimum Gasteiger partial charge on any atom is -0.356 e. The van der Waals surface area contributed by atoms with Crippen LogP contribution in [-0.4, -0.2) is 44.6 Å². The molecule has 0 atom stereocenters. The van der Waals surface area contributed by atoms with Crippen LogP contribution in [0.3, 0.4) is 0 Å². The topological polar surface area (TPSA) is 39.7 Å². The van der Waals surface area contributed by atoms with Gasteiger partial charge in [0.2, 0.25) is 0 Å². The van der Waals surface area contributed by atoms with Gasteiger partial charge in [-0.1, -0.05) is 0 Å². The average Bonchev–Trinajstić information content (AvgIpc) is 2.87. The van der Waals surface area contributed by atoms with E-state index < -0.39 is 0 Å². The second kappa shape index (κ2) is 7.64. The molecule has 5 heteroatoms. The second-order valence-electron chi connectivity index (χ2n) is 5.57. The number of piperidine rings is 1. The third-order valence-electron chi connectivity index (χ3n) is 3.85. The normalized spacial score (nSPS) is 18.2. The first kappa shape index (κ1) is 15.3. The fraction of sp³-hybridized carbons (Fsp3) is 0.667. The highest BCUT2D eigenvalue weighted by atomic mass is 32.1. The molecule has 2 N–H and O–H groups in total. The Kier molecular flexibility index (Phi) is 5.86. The van der Waals surface area contributed by atoms with Crippen LogP contribution in [0.25, 0.3) is 0 Å². The molecule has 0 bridgehead atoms. The molecule has 1 aromatic rings. The van der Waals surface area contributed by atoms with Crippen LogP contribution in [0.4, 0.5) is 0 Å². The first-order valence-electron chi connectivity index (χ1n) is 7.35. The summed E-state index contributed by atoms with van der Waals surface area (Å²) in [6.45, 7) is 6.45. The van der Waals surface area contributed by atoms with Gasteiger partial charge in [-0.25, -0.2) is 0 Å². The van der Waals surface area contributed by atoms with Gasteiger partial charge in [-0.15, -0.1) is 11.3 Å². The third kappa shape index (κ3) is 4.80. The van der Waals surface area contributed by atoms with Crippen LogP contribution in [0.15, 0.2) is 17.1 Å². The molecular weight excluding hydrogens is 268 g/mol. The van der Waals surface area contributed by atoms with E-state index in [0.717, 1.165) is 25.0 Å². The van der Waals surface area contributed by atoms with Gasteiger partial charge in [-0.2, -0.15) is 0 Å². The molecule has 0 saturated carbocycles. The maximum atomic E-state index is 4.30. The molecule has 0 spiro atoms. The van der Waals surface area contributed by atoms with Crippen LogP contribution >= 0.6 is 11.3 Å². The highest BCUT2D eigenvalue weighted by Gasteiger charge is 2.16. The summed E-state index contributed by atoms with van der Waals surface area (Å²) in [7, 11) is 4.04. The zero-order chi connectivity index (χ0) is 14.4. The zero-order valence-electron chi connectivity index (χ0n) is 12.8. The lowest BCUT2D eigenvalue weighted by molar-refractivity contribution is 0.220. The van der Waals surface area contributed by atoms with Crippen molar-refractivity contribution in [1.29, 1.82) is 0 Å². The van der Waals surface area contributed by atoms with E-state index >= 15 is 0 Å². The van der Waals surface area contributed by atoms with Crippen molar-refractivity contribution in [3.63, 3.8) is 0 Å². The van der Waals surface area contributed by atoms with Crippen molar-refractivity contribution >= 4 is 17.3 Å². The second-order valence-corrected chi connectivity index (χ2v) is 6.94. The number of aliphatic imine (C=N–C) groups is 1. The predicted molar refractivity (Wildman–Crippen MR) is 87.5 cm³/mol. The van der Waals surface area contributed by atoms with Gasteiger partial charge >= 0.3 is 0 Å². The summed E-state index contributed by atoms with van der Waals surface area (Å²) >= 11 is 1.84. The number of hydrogen-bond acceptors (Lipinski definition) is 3. The molecule has 0 radical (unpaired) electrons. The molecule has 0 amide bonds. The lowest BCUT2D eigenvalue weighted by Gasteiger charge is -2.29. The molecular formula is C15H26N4S. The molecule has 0 unspecified atom stereocenters. The summed E-state index contributed by atoms with van der Waals surface area (Å²) in [5, 5.41) is 6.84. The maximum Gasteiger partial charge on any atom is 0.191 e. The third-order valence-corrected chi connectivity index (χ3v) is 4.85. The van der Waals surface area contributed by atoms with E-state index in [-0.39, 0.29) is 0 Å². The van der Waals surface area contributed by atoms with E-state index in [1.807, 2.05) is 18.4 Å². The Morgan fingerprint density at radius 3 is 2.70 bits per heavy atom. The van der Waals surface area contributed by atoms with Gasteiger partial charge in [0.1, 0.15) is 0 Å². The van der Waals surface area contributed by atoms with Crippen LogP contribution in [0.1, 0.15) is 22.6 Å². The van der Waals surface area contributed by atoms with Gasteiger partial charge in [-0.05, 0) is 58.0 Å². The van der Waals surface area contributed by atoms with Gasteiger partial charge < -0.3 is 15.5 Å². The molecule has 4 nitrogen and oxygen atoms in total. The van der Waals surface area contributed by atoms with E-state index in [2.05, 4.69) is 46.6 Å². The Bertz CT molecular complexity index is 433. The Morgan fingerprint density at radius 1 is 1.35 bits per heavy atom. The summed E-state index contributed by atoms with van der Waals surface area (Å²) in [5.74, 6) is 1.68. The number of thiophene rings is 1. The lowest BCUT2D eigenvalue weighted by atomic mass is 9.97. The first-order valence-corrected chi connectivity index (χ1v) is 8.17. The highest BCUT2D eigenvalue weighted by molar-refractivity contribution is 7.11. The summed E-state index contributed by atoms with van der Waals surface area (Å²) < 4.78 is 0. The Balaban J connectivity index is 1.70. The first-order chi connectivity index (χ1) is 9.67. The Hall–Kier alpha value is -1.07. The van der Waals surface area contributed by atoms with E-state index in [1.54, 1.807) is 0 Å².